The molecule has 0 radical (unpaired) electrons. The molecule has 0 bridgehead atoms. The second-order valence-corrected chi connectivity index (χ2v) is 6.36. The smallest absolute Gasteiger partial charge is 0.230 e. The van der Waals surface area contributed by atoms with E-state index in [-0.39, 0.29) is 12.5 Å². The fourth-order valence-corrected chi connectivity index (χ4v) is 3.58. The Morgan fingerprint density at radius 2 is 2.05 bits per heavy atom. The van der Waals surface area contributed by atoms with Crippen LogP contribution in [-0.2, 0) is 10.2 Å². The molecule has 0 spiro atoms. The lowest BCUT2D eigenvalue weighted by atomic mass is 9.64. The molecule has 4 heteroatoms. The summed E-state index contributed by atoms with van der Waals surface area (Å²) in [6, 6.07) is 11.8. The highest BCUT2D eigenvalue weighted by Gasteiger charge is 2.45. The van der Waals surface area contributed by atoms with Gasteiger partial charge < -0.3 is 10.4 Å². The van der Waals surface area contributed by atoms with Crippen LogP contribution in [0.4, 0.5) is 0 Å². The highest BCUT2D eigenvalue weighted by molar-refractivity contribution is 7.07. The van der Waals surface area contributed by atoms with E-state index in [1.807, 2.05) is 47.2 Å². The Hall–Kier alpha value is -1.65. The first kappa shape index (κ1) is 14.3. The Kier molecular flexibility index (Phi) is 4.08. The number of carbonyl (C=O) groups excluding carboxylic acids is 1. The van der Waals surface area contributed by atoms with Crippen LogP contribution in [0.2, 0.25) is 0 Å². The van der Waals surface area contributed by atoms with Gasteiger partial charge in [0.05, 0.1) is 11.5 Å². The summed E-state index contributed by atoms with van der Waals surface area (Å²) < 4.78 is 0. The number of benzene rings is 1. The van der Waals surface area contributed by atoms with Crippen LogP contribution in [0, 0.1) is 0 Å². The number of rotatable bonds is 5. The molecule has 1 atom stereocenters. The standard InChI is InChI=1S/C17H19NO2S/c19-15(13-7-10-21-12-13)11-18-16(20)17(8-4-9-17)14-5-2-1-3-6-14/h1-3,5-7,10,12,15,19H,4,8-9,11H2,(H,18,20). The van der Waals surface area contributed by atoms with Gasteiger partial charge in [-0.1, -0.05) is 36.8 Å². The van der Waals surface area contributed by atoms with E-state index in [9.17, 15) is 9.90 Å². The predicted octanol–water partition coefficient (Wildman–Crippen LogP) is 3.02. The van der Waals surface area contributed by atoms with Gasteiger partial charge in [0, 0.05) is 6.54 Å². The molecular formula is C17H19NO2S. The zero-order valence-corrected chi connectivity index (χ0v) is 12.6. The minimum Gasteiger partial charge on any atom is -0.387 e. The largest absolute Gasteiger partial charge is 0.387 e. The Balaban J connectivity index is 1.67. The summed E-state index contributed by atoms with van der Waals surface area (Å²) in [6.07, 6.45) is 2.22. The summed E-state index contributed by atoms with van der Waals surface area (Å²) in [5.74, 6) is 0.0363. The maximum Gasteiger partial charge on any atom is 0.230 e. The SMILES string of the molecule is O=C(NCC(O)c1ccsc1)C1(c2ccccc2)CCC1. The first-order valence-electron chi connectivity index (χ1n) is 7.26. The Labute approximate surface area is 128 Å². The molecule has 0 aliphatic heterocycles. The molecule has 1 saturated carbocycles. The normalized spacial score (nSPS) is 17.8. The lowest BCUT2D eigenvalue weighted by Gasteiger charge is -2.40. The topological polar surface area (TPSA) is 49.3 Å². The zero-order valence-electron chi connectivity index (χ0n) is 11.8. The molecule has 1 amide bonds. The average Bonchev–Trinajstić information content (AvgIpc) is 2.99. The summed E-state index contributed by atoms with van der Waals surface area (Å²) in [5.41, 5.74) is 1.55. The summed E-state index contributed by atoms with van der Waals surface area (Å²) in [4.78, 5) is 12.6. The van der Waals surface area contributed by atoms with E-state index in [2.05, 4.69) is 5.32 Å². The van der Waals surface area contributed by atoms with E-state index in [0.717, 1.165) is 30.4 Å². The first-order chi connectivity index (χ1) is 10.2. The number of hydrogen-bond acceptors (Lipinski definition) is 3. The second kappa shape index (κ2) is 6.00. The van der Waals surface area contributed by atoms with E-state index in [1.165, 1.54) is 0 Å². The average molecular weight is 301 g/mol. The quantitative estimate of drug-likeness (QED) is 0.892. The molecule has 1 aliphatic rings. The number of nitrogens with one attached hydrogen (secondary N) is 1. The van der Waals surface area contributed by atoms with E-state index in [1.54, 1.807) is 11.3 Å². The van der Waals surface area contributed by atoms with Crippen molar-refractivity contribution in [2.24, 2.45) is 0 Å². The molecule has 1 aromatic carbocycles. The minimum absolute atomic E-state index is 0.0363. The fourth-order valence-electron chi connectivity index (χ4n) is 2.88. The number of amides is 1. The van der Waals surface area contributed by atoms with Crippen LogP contribution >= 0.6 is 11.3 Å². The van der Waals surface area contributed by atoms with E-state index < -0.39 is 11.5 Å². The van der Waals surface area contributed by atoms with Gasteiger partial charge in [-0.3, -0.25) is 4.79 Å². The molecule has 2 aromatic rings. The summed E-state index contributed by atoms with van der Waals surface area (Å²) in [6.45, 7) is 0.268. The predicted molar refractivity (Wildman–Crippen MR) is 84.3 cm³/mol. The van der Waals surface area contributed by atoms with E-state index >= 15 is 0 Å². The van der Waals surface area contributed by atoms with Gasteiger partial charge in [0.15, 0.2) is 0 Å². The van der Waals surface area contributed by atoms with Crippen LogP contribution in [0.25, 0.3) is 0 Å². The van der Waals surface area contributed by atoms with Crippen molar-refractivity contribution in [3.63, 3.8) is 0 Å². The Bertz CT molecular complexity index is 591. The van der Waals surface area contributed by atoms with Crippen LogP contribution < -0.4 is 5.32 Å². The van der Waals surface area contributed by atoms with E-state index in [4.69, 9.17) is 0 Å². The molecular weight excluding hydrogens is 282 g/mol. The van der Waals surface area contributed by atoms with Crippen molar-refractivity contribution in [2.75, 3.05) is 6.54 Å². The van der Waals surface area contributed by atoms with Crippen LogP contribution in [0.15, 0.2) is 47.2 Å². The van der Waals surface area contributed by atoms with E-state index in [0.29, 0.717) is 0 Å². The van der Waals surface area contributed by atoms with Gasteiger partial charge in [0.2, 0.25) is 5.91 Å². The monoisotopic (exact) mass is 301 g/mol. The van der Waals surface area contributed by atoms with Crippen molar-refractivity contribution in [3.05, 3.63) is 58.3 Å². The highest BCUT2D eigenvalue weighted by atomic mass is 32.1. The molecule has 1 heterocycles. The molecule has 110 valence electrons. The molecule has 21 heavy (non-hydrogen) atoms. The maximum atomic E-state index is 12.6. The summed E-state index contributed by atoms with van der Waals surface area (Å²) in [5, 5.41) is 16.8. The second-order valence-electron chi connectivity index (χ2n) is 5.58. The molecule has 1 aliphatic carbocycles. The number of aliphatic hydroxyl groups excluding tert-OH is 1. The Morgan fingerprint density at radius 3 is 2.62 bits per heavy atom. The third kappa shape index (κ3) is 2.74. The van der Waals surface area contributed by atoms with Gasteiger partial charge in [-0.15, -0.1) is 0 Å². The van der Waals surface area contributed by atoms with Crippen LogP contribution in [0.5, 0.6) is 0 Å². The molecule has 1 aromatic heterocycles. The van der Waals surface area contributed by atoms with Gasteiger partial charge in [0.25, 0.3) is 0 Å². The summed E-state index contributed by atoms with van der Waals surface area (Å²) >= 11 is 1.55. The van der Waals surface area contributed by atoms with Crippen molar-refractivity contribution >= 4 is 17.2 Å². The van der Waals surface area contributed by atoms with Gasteiger partial charge in [0.1, 0.15) is 0 Å². The third-order valence-electron chi connectivity index (χ3n) is 4.35. The molecule has 2 N–H and O–H groups in total. The van der Waals surface area contributed by atoms with Crippen molar-refractivity contribution in [2.45, 2.75) is 30.8 Å². The highest BCUT2D eigenvalue weighted by Crippen LogP contribution is 2.43. The van der Waals surface area contributed by atoms with Gasteiger partial charge in [-0.05, 0) is 40.8 Å². The Morgan fingerprint density at radius 1 is 1.29 bits per heavy atom. The van der Waals surface area contributed by atoms with Crippen molar-refractivity contribution in [1.82, 2.24) is 5.32 Å². The van der Waals surface area contributed by atoms with Gasteiger partial charge >= 0.3 is 0 Å². The van der Waals surface area contributed by atoms with Crippen molar-refractivity contribution in [3.8, 4) is 0 Å². The van der Waals surface area contributed by atoms with Gasteiger partial charge in [-0.25, -0.2) is 0 Å². The molecule has 0 saturated heterocycles. The number of hydrogen-bond donors (Lipinski definition) is 2. The zero-order chi connectivity index (χ0) is 14.7. The fraction of sp³-hybridized carbons (Fsp3) is 0.353. The summed E-state index contributed by atoms with van der Waals surface area (Å²) in [7, 11) is 0. The molecule has 3 rings (SSSR count). The number of carbonyl (C=O) groups is 1. The van der Waals surface area contributed by atoms with Crippen LogP contribution in [0.1, 0.15) is 36.5 Å². The molecule has 1 unspecified atom stereocenters. The van der Waals surface area contributed by atoms with Crippen LogP contribution in [-0.4, -0.2) is 17.6 Å². The number of thiophene rings is 1. The lowest BCUT2D eigenvalue weighted by molar-refractivity contribution is -0.130. The van der Waals surface area contributed by atoms with Crippen molar-refractivity contribution in [1.29, 1.82) is 0 Å². The lowest BCUT2D eigenvalue weighted by Crippen LogP contribution is -2.50. The van der Waals surface area contributed by atoms with Crippen molar-refractivity contribution < 1.29 is 9.90 Å². The maximum absolute atomic E-state index is 12.6. The third-order valence-corrected chi connectivity index (χ3v) is 5.05. The van der Waals surface area contributed by atoms with Gasteiger partial charge in [-0.2, -0.15) is 11.3 Å². The van der Waals surface area contributed by atoms with Crippen LogP contribution in [0.3, 0.4) is 0 Å². The molecule has 3 nitrogen and oxygen atoms in total. The molecule has 1 fully saturated rings. The number of aliphatic hydroxyl groups is 1. The minimum atomic E-state index is -0.631. The first-order valence-corrected chi connectivity index (χ1v) is 8.21.